The first-order valence-electron chi connectivity index (χ1n) is 5.07. The first kappa shape index (κ1) is 12.2. The second-order valence-corrected chi connectivity index (χ2v) is 3.45. The molecular formula is C12H15NO3. The van der Waals surface area contributed by atoms with Crippen LogP contribution in [0.15, 0.2) is 35.3 Å². The van der Waals surface area contributed by atoms with Gasteiger partial charge in [-0.2, -0.15) is 0 Å². The molecule has 1 aromatic heterocycles. The van der Waals surface area contributed by atoms with Crippen molar-refractivity contribution in [2.24, 2.45) is 0 Å². The van der Waals surface area contributed by atoms with Crippen LogP contribution in [0.4, 0.5) is 0 Å². The largest absolute Gasteiger partial charge is 0.463 e. The summed E-state index contributed by atoms with van der Waals surface area (Å²) in [7, 11) is 0. The van der Waals surface area contributed by atoms with Crippen LogP contribution in [0, 0.1) is 6.92 Å². The van der Waals surface area contributed by atoms with E-state index in [-0.39, 0.29) is 17.7 Å². The minimum absolute atomic E-state index is 0.118. The molecule has 4 heteroatoms. The molecule has 16 heavy (non-hydrogen) atoms. The third-order valence-corrected chi connectivity index (χ3v) is 2.14. The van der Waals surface area contributed by atoms with E-state index in [0.29, 0.717) is 12.2 Å². The van der Waals surface area contributed by atoms with E-state index in [9.17, 15) is 9.59 Å². The van der Waals surface area contributed by atoms with Crippen molar-refractivity contribution in [2.75, 3.05) is 6.61 Å². The van der Waals surface area contributed by atoms with Gasteiger partial charge in [0.25, 0.3) is 5.56 Å². The zero-order valence-electron chi connectivity index (χ0n) is 9.53. The summed E-state index contributed by atoms with van der Waals surface area (Å²) in [5.74, 6) is -0.462. The maximum absolute atomic E-state index is 11.7. The van der Waals surface area contributed by atoms with Gasteiger partial charge in [-0.1, -0.05) is 12.6 Å². The topological polar surface area (TPSA) is 48.3 Å². The van der Waals surface area contributed by atoms with Crippen LogP contribution in [-0.4, -0.2) is 17.1 Å². The Balaban J connectivity index is 2.82. The van der Waals surface area contributed by atoms with E-state index >= 15 is 0 Å². The summed E-state index contributed by atoms with van der Waals surface area (Å²) in [5.41, 5.74) is 0.793. The van der Waals surface area contributed by atoms with Gasteiger partial charge < -0.3 is 9.30 Å². The lowest BCUT2D eigenvalue weighted by Gasteiger charge is -2.08. The van der Waals surface area contributed by atoms with E-state index in [1.807, 2.05) is 0 Å². The maximum atomic E-state index is 11.7. The van der Waals surface area contributed by atoms with E-state index in [2.05, 4.69) is 6.58 Å². The van der Waals surface area contributed by atoms with Gasteiger partial charge in [0.2, 0.25) is 0 Å². The third kappa shape index (κ3) is 2.82. The van der Waals surface area contributed by atoms with Gasteiger partial charge in [-0.15, -0.1) is 0 Å². The second-order valence-electron chi connectivity index (χ2n) is 3.45. The zero-order chi connectivity index (χ0) is 12.1. The van der Waals surface area contributed by atoms with Crippen LogP contribution in [0.25, 0.3) is 0 Å². The van der Waals surface area contributed by atoms with Crippen molar-refractivity contribution in [1.82, 2.24) is 4.57 Å². The average Bonchev–Trinajstić information content (AvgIpc) is 2.25. The number of aromatic nitrogens is 1. The Morgan fingerprint density at radius 3 is 2.88 bits per heavy atom. The highest BCUT2D eigenvalue weighted by Gasteiger charge is 2.09. The zero-order valence-corrected chi connectivity index (χ0v) is 9.53. The number of aryl methyl sites for hydroxylation is 1. The smallest absolute Gasteiger partial charge is 0.335 e. The molecule has 0 unspecified atom stereocenters. The molecule has 0 atom stereocenters. The molecule has 0 bridgehead atoms. The normalized spacial score (nSPS) is 9.88. The number of hydrogen-bond donors (Lipinski definition) is 0. The van der Waals surface area contributed by atoms with Crippen LogP contribution in [0.2, 0.25) is 0 Å². The minimum atomic E-state index is -0.462. The standard InChI is InChI=1S/C12H15NO3/c1-4-16-12(15)10(3)8-13-7-5-6-9(2)11(13)14/h5-7H,3-4,8H2,1-2H3. The SMILES string of the molecule is C=C(Cn1cccc(C)c1=O)C(=O)OCC. The molecule has 0 aromatic carbocycles. The molecular weight excluding hydrogens is 206 g/mol. The number of rotatable bonds is 4. The average molecular weight is 221 g/mol. The lowest BCUT2D eigenvalue weighted by Crippen LogP contribution is -2.24. The number of pyridine rings is 1. The van der Waals surface area contributed by atoms with Crippen LogP contribution < -0.4 is 5.56 Å². The summed E-state index contributed by atoms with van der Waals surface area (Å²) in [6.45, 7) is 7.53. The Labute approximate surface area is 94.2 Å². The predicted molar refractivity (Wildman–Crippen MR) is 61.2 cm³/mol. The van der Waals surface area contributed by atoms with Crippen LogP contribution in [0.3, 0.4) is 0 Å². The van der Waals surface area contributed by atoms with Crippen molar-refractivity contribution in [3.8, 4) is 0 Å². The molecule has 86 valence electrons. The van der Waals surface area contributed by atoms with Crippen molar-refractivity contribution in [3.05, 3.63) is 46.4 Å². The minimum Gasteiger partial charge on any atom is -0.463 e. The van der Waals surface area contributed by atoms with E-state index in [4.69, 9.17) is 4.74 Å². The number of hydrogen-bond acceptors (Lipinski definition) is 3. The number of nitrogens with zero attached hydrogens (tertiary/aromatic N) is 1. The molecule has 0 fully saturated rings. The molecule has 0 saturated carbocycles. The van der Waals surface area contributed by atoms with E-state index in [1.165, 1.54) is 4.57 Å². The summed E-state index contributed by atoms with van der Waals surface area (Å²) in [6, 6.07) is 3.49. The Hall–Kier alpha value is -1.84. The molecule has 0 aliphatic carbocycles. The monoisotopic (exact) mass is 221 g/mol. The lowest BCUT2D eigenvalue weighted by atomic mass is 10.2. The summed E-state index contributed by atoms with van der Waals surface area (Å²) in [5, 5.41) is 0. The first-order valence-corrected chi connectivity index (χ1v) is 5.07. The van der Waals surface area contributed by atoms with E-state index in [1.54, 1.807) is 32.2 Å². The number of carbonyl (C=O) groups is 1. The Bertz CT molecular complexity index is 460. The molecule has 4 nitrogen and oxygen atoms in total. The van der Waals surface area contributed by atoms with Crippen LogP contribution >= 0.6 is 0 Å². The highest BCUT2D eigenvalue weighted by molar-refractivity contribution is 5.87. The third-order valence-electron chi connectivity index (χ3n) is 2.14. The molecule has 0 spiro atoms. The Morgan fingerprint density at radius 1 is 1.56 bits per heavy atom. The molecule has 0 radical (unpaired) electrons. The lowest BCUT2D eigenvalue weighted by molar-refractivity contribution is -0.138. The quantitative estimate of drug-likeness (QED) is 0.568. The molecule has 1 aromatic rings. The fourth-order valence-corrected chi connectivity index (χ4v) is 1.28. The van der Waals surface area contributed by atoms with Crippen molar-refractivity contribution < 1.29 is 9.53 Å². The Morgan fingerprint density at radius 2 is 2.25 bits per heavy atom. The second kappa shape index (κ2) is 5.30. The first-order chi connectivity index (χ1) is 7.56. The number of esters is 1. The number of carbonyl (C=O) groups excluding carboxylic acids is 1. The van der Waals surface area contributed by atoms with Crippen LogP contribution in [0.1, 0.15) is 12.5 Å². The van der Waals surface area contributed by atoms with Crippen LogP contribution in [0.5, 0.6) is 0 Å². The number of ether oxygens (including phenoxy) is 1. The highest BCUT2D eigenvalue weighted by Crippen LogP contribution is 1.99. The Kier molecular flexibility index (Phi) is 4.05. The van der Waals surface area contributed by atoms with Crippen molar-refractivity contribution >= 4 is 5.97 Å². The summed E-state index contributed by atoms with van der Waals surface area (Å²) in [6.07, 6.45) is 1.62. The van der Waals surface area contributed by atoms with Gasteiger partial charge in [-0.3, -0.25) is 4.79 Å². The fraction of sp³-hybridized carbons (Fsp3) is 0.333. The molecule has 0 amide bonds. The van der Waals surface area contributed by atoms with Gasteiger partial charge in [0.15, 0.2) is 0 Å². The molecule has 0 aliphatic heterocycles. The van der Waals surface area contributed by atoms with E-state index < -0.39 is 5.97 Å². The van der Waals surface area contributed by atoms with Crippen molar-refractivity contribution in [1.29, 1.82) is 0 Å². The molecule has 0 saturated heterocycles. The maximum Gasteiger partial charge on any atom is 0.335 e. The van der Waals surface area contributed by atoms with Gasteiger partial charge in [0.1, 0.15) is 0 Å². The summed E-state index contributed by atoms with van der Waals surface area (Å²) in [4.78, 5) is 23.0. The van der Waals surface area contributed by atoms with Crippen molar-refractivity contribution in [3.63, 3.8) is 0 Å². The molecule has 1 heterocycles. The van der Waals surface area contributed by atoms with Gasteiger partial charge in [0, 0.05) is 17.3 Å². The van der Waals surface area contributed by atoms with Gasteiger partial charge in [0.05, 0.1) is 13.2 Å². The van der Waals surface area contributed by atoms with Crippen molar-refractivity contribution in [2.45, 2.75) is 20.4 Å². The van der Waals surface area contributed by atoms with Gasteiger partial charge in [-0.05, 0) is 19.9 Å². The molecule has 0 N–H and O–H groups in total. The van der Waals surface area contributed by atoms with E-state index in [0.717, 1.165) is 0 Å². The van der Waals surface area contributed by atoms with Gasteiger partial charge in [-0.25, -0.2) is 4.79 Å². The highest BCUT2D eigenvalue weighted by atomic mass is 16.5. The fourth-order valence-electron chi connectivity index (χ4n) is 1.28. The predicted octanol–water partition coefficient (Wildman–Crippen LogP) is 1.28. The summed E-state index contributed by atoms with van der Waals surface area (Å²) >= 11 is 0. The molecule has 0 aliphatic rings. The van der Waals surface area contributed by atoms with Gasteiger partial charge >= 0.3 is 5.97 Å². The summed E-state index contributed by atoms with van der Waals surface area (Å²) < 4.78 is 6.23. The van der Waals surface area contributed by atoms with Crippen LogP contribution in [-0.2, 0) is 16.1 Å². The molecule has 1 rings (SSSR count).